The molecule has 2 N–H and O–H groups in total. The average molecular weight is 272 g/mol. The number of rotatable bonds is 7. The van der Waals surface area contributed by atoms with Crippen LogP contribution in [0.4, 0.5) is 5.69 Å². The number of anilines is 1. The minimum atomic E-state index is -3.53. The number of nitrogens with one attached hydrogen (secondary N) is 2. The van der Waals surface area contributed by atoms with E-state index < -0.39 is 10.0 Å². The van der Waals surface area contributed by atoms with E-state index in [0.29, 0.717) is 18.9 Å². The van der Waals surface area contributed by atoms with E-state index in [2.05, 4.69) is 10.0 Å². The van der Waals surface area contributed by atoms with E-state index in [4.69, 9.17) is 4.74 Å². The van der Waals surface area contributed by atoms with Gasteiger partial charge >= 0.3 is 0 Å². The first-order valence-electron chi connectivity index (χ1n) is 5.88. The van der Waals surface area contributed by atoms with E-state index in [-0.39, 0.29) is 10.9 Å². The number of hydrogen-bond donors (Lipinski definition) is 2. The highest BCUT2D eigenvalue weighted by atomic mass is 32.2. The third kappa shape index (κ3) is 3.97. The van der Waals surface area contributed by atoms with E-state index in [1.165, 1.54) is 0 Å². The van der Waals surface area contributed by atoms with Crippen molar-refractivity contribution in [1.29, 1.82) is 0 Å². The smallest absolute Gasteiger partial charge is 0.242 e. The van der Waals surface area contributed by atoms with Gasteiger partial charge in [-0.25, -0.2) is 13.1 Å². The summed E-state index contributed by atoms with van der Waals surface area (Å²) < 4.78 is 32.1. The van der Waals surface area contributed by atoms with Gasteiger partial charge in [0.05, 0.1) is 12.3 Å². The summed E-state index contributed by atoms with van der Waals surface area (Å²) in [6.45, 7) is 4.57. The average Bonchev–Trinajstić information content (AvgIpc) is 2.35. The van der Waals surface area contributed by atoms with E-state index in [9.17, 15) is 8.42 Å². The Bertz CT molecular complexity index is 474. The maximum atomic E-state index is 12.2. The molecule has 0 aliphatic carbocycles. The van der Waals surface area contributed by atoms with Gasteiger partial charge < -0.3 is 10.1 Å². The topological polar surface area (TPSA) is 67.4 Å². The summed E-state index contributed by atoms with van der Waals surface area (Å²) in [6, 6.07) is 6.51. The molecule has 1 rings (SSSR count). The molecule has 0 heterocycles. The molecule has 1 atom stereocenters. The maximum absolute atomic E-state index is 12.2. The molecule has 1 aromatic carbocycles. The minimum Gasteiger partial charge on any atom is -0.387 e. The zero-order chi connectivity index (χ0) is 13.6. The first-order chi connectivity index (χ1) is 8.51. The summed E-state index contributed by atoms with van der Waals surface area (Å²) in [4.78, 5) is 0.246. The van der Waals surface area contributed by atoms with Gasteiger partial charge in [-0.05, 0) is 26.0 Å². The van der Waals surface area contributed by atoms with Crippen LogP contribution in [0.25, 0.3) is 0 Å². The molecule has 6 heteroatoms. The predicted octanol–water partition coefficient (Wildman–Crippen LogP) is 1.43. The Morgan fingerprint density at radius 2 is 2.00 bits per heavy atom. The van der Waals surface area contributed by atoms with E-state index in [0.717, 1.165) is 0 Å². The van der Waals surface area contributed by atoms with Crippen LogP contribution >= 0.6 is 0 Å². The van der Waals surface area contributed by atoms with Crippen molar-refractivity contribution in [3.8, 4) is 0 Å². The fraction of sp³-hybridized carbons (Fsp3) is 0.500. The van der Waals surface area contributed by atoms with Crippen molar-refractivity contribution >= 4 is 15.7 Å². The van der Waals surface area contributed by atoms with Crippen LogP contribution in [0, 0.1) is 0 Å². The van der Waals surface area contributed by atoms with Crippen LogP contribution < -0.4 is 10.0 Å². The molecule has 0 bridgehead atoms. The molecular formula is C12H20N2O3S. The van der Waals surface area contributed by atoms with Crippen molar-refractivity contribution in [1.82, 2.24) is 4.72 Å². The lowest BCUT2D eigenvalue weighted by molar-refractivity contribution is 0.133. The number of hydrogen-bond acceptors (Lipinski definition) is 4. The molecule has 0 spiro atoms. The van der Waals surface area contributed by atoms with Crippen LogP contribution in [0.2, 0.25) is 0 Å². The minimum absolute atomic E-state index is 0.246. The van der Waals surface area contributed by atoms with Crippen molar-refractivity contribution in [3.63, 3.8) is 0 Å². The molecule has 18 heavy (non-hydrogen) atoms. The molecule has 102 valence electrons. The highest BCUT2D eigenvalue weighted by Crippen LogP contribution is 2.20. The molecule has 0 aliphatic heterocycles. The van der Waals surface area contributed by atoms with Crippen LogP contribution in [0.15, 0.2) is 29.2 Å². The number of sulfonamides is 1. The SMILES string of the molecule is CCOCC(C)NS(=O)(=O)c1ccccc1NC. The molecule has 0 saturated carbocycles. The van der Waals surface area contributed by atoms with Gasteiger partial charge in [-0.1, -0.05) is 12.1 Å². The molecule has 1 unspecified atom stereocenters. The standard InChI is InChI=1S/C12H20N2O3S/c1-4-17-9-10(2)14-18(15,16)12-8-6-5-7-11(12)13-3/h5-8,10,13-14H,4,9H2,1-3H3. The molecule has 0 fully saturated rings. The highest BCUT2D eigenvalue weighted by Gasteiger charge is 2.20. The lowest BCUT2D eigenvalue weighted by Gasteiger charge is -2.15. The Hall–Kier alpha value is -1.11. The van der Waals surface area contributed by atoms with Gasteiger partial charge in [0.15, 0.2) is 0 Å². The third-order valence-electron chi connectivity index (χ3n) is 2.37. The lowest BCUT2D eigenvalue weighted by Crippen LogP contribution is -2.36. The van der Waals surface area contributed by atoms with Crippen molar-refractivity contribution in [2.45, 2.75) is 24.8 Å². The van der Waals surface area contributed by atoms with Crippen LogP contribution in [-0.4, -0.2) is 34.7 Å². The van der Waals surface area contributed by atoms with Crippen molar-refractivity contribution in [2.75, 3.05) is 25.6 Å². The molecule has 0 aromatic heterocycles. The zero-order valence-electron chi connectivity index (χ0n) is 10.9. The fourth-order valence-corrected chi connectivity index (χ4v) is 3.01. The van der Waals surface area contributed by atoms with Gasteiger partial charge in [-0.2, -0.15) is 0 Å². The summed E-state index contributed by atoms with van der Waals surface area (Å²) >= 11 is 0. The van der Waals surface area contributed by atoms with Gasteiger partial charge in [0.2, 0.25) is 10.0 Å². The van der Waals surface area contributed by atoms with E-state index in [1.807, 2.05) is 6.92 Å². The first-order valence-corrected chi connectivity index (χ1v) is 7.36. The highest BCUT2D eigenvalue weighted by molar-refractivity contribution is 7.89. The second-order valence-electron chi connectivity index (χ2n) is 3.93. The molecule has 0 aliphatic rings. The largest absolute Gasteiger partial charge is 0.387 e. The molecule has 0 radical (unpaired) electrons. The third-order valence-corrected chi connectivity index (χ3v) is 4.02. The second kappa shape index (κ2) is 6.72. The maximum Gasteiger partial charge on any atom is 0.242 e. The quantitative estimate of drug-likeness (QED) is 0.788. The number of ether oxygens (including phenoxy) is 1. The van der Waals surface area contributed by atoms with Crippen LogP contribution in [0.3, 0.4) is 0 Å². The summed E-state index contributed by atoms with van der Waals surface area (Å²) in [6.07, 6.45) is 0. The predicted molar refractivity (Wildman–Crippen MR) is 72.3 cm³/mol. The van der Waals surface area contributed by atoms with Crippen molar-refractivity contribution < 1.29 is 13.2 Å². The summed E-state index contributed by atoms with van der Waals surface area (Å²) in [5.41, 5.74) is 0.577. The number of para-hydroxylation sites is 1. The number of benzene rings is 1. The van der Waals surface area contributed by atoms with Gasteiger partial charge in [-0.3, -0.25) is 0 Å². The molecular weight excluding hydrogens is 252 g/mol. The van der Waals surface area contributed by atoms with Gasteiger partial charge in [0.1, 0.15) is 4.90 Å². The molecule has 5 nitrogen and oxygen atoms in total. The summed E-state index contributed by atoms with van der Waals surface area (Å²) in [5.74, 6) is 0. The summed E-state index contributed by atoms with van der Waals surface area (Å²) in [5, 5.41) is 2.87. The lowest BCUT2D eigenvalue weighted by atomic mass is 10.3. The Morgan fingerprint density at radius 1 is 1.33 bits per heavy atom. The van der Waals surface area contributed by atoms with Crippen molar-refractivity contribution in [2.24, 2.45) is 0 Å². The molecule has 0 saturated heterocycles. The Morgan fingerprint density at radius 3 is 2.61 bits per heavy atom. The van der Waals surface area contributed by atoms with Crippen LogP contribution in [0.1, 0.15) is 13.8 Å². The van der Waals surface area contributed by atoms with E-state index >= 15 is 0 Å². The van der Waals surface area contributed by atoms with Crippen molar-refractivity contribution in [3.05, 3.63) is 24.3 Å². The van der Waals surface area contributed by atoms with E-state index in [1.54, 1.807) is 38.2 Å². The van der Waals surface area contributed by atoms with Gasteiger partial charge in [0.25, 0.3) is 0 Å². The monoisotopic (exact) mass is 272 g/mol. The van der Waals surface area contributed by atoms with Gasteiger partial charge in [-0.15, -0.1) is 0 Å². The normalized spacial score (nSPS) is 13.3. The second-order valence-corrected chi connectivity index (χ2v) is 5.61. The van der Waals surface area contributed by atoms with Gasteiger partial charge in [0, 0.05) is 19.7 Å². The Balaban J connectivity index is 2.86. The molecule has 0 amide bonds. The Labute approximate surface area is 109 Å². The zero-order valence-corrected chi connectivity index (χ0v) is 11.8. The first kappa shape index (κ1) is 14.9. The fourth-order valence-electron chi connectivity index (χ4n) is 1.56. The van der Waals surface area contributed by atoms with Crippen LogP contribution in [-0.2, 0) is 14.8 Å². The molecule has 1 aromatic rings. The van der Waals surface area contributed by atoms with Crippen LogP contribution in [0.5, 0.6) is 0 Å². The summed E-state index contributed by atoms with van der Waals surface area (Å²) in [7, 11) is -1.83. The Kier molecular flexibility index (Phi) is 5.58.